The molecule has 0 aliphatic carbocycles. The molecule has 0 radical (unpaired) electrons. The number of rotatable bonds is 4. The summed E-state index contributed by atoms with van der Waals surface area (Å²) in [4.78, 5) is 46.1. The van der Waals surface area contributed by atoms with Crippen LogP contribution in [-0.2, 0) is 9.59 Å². The van der Waals surface area contributed by atoms with E-state index < -0.39 is 30.4 Å². The van der Waals surface area contributed by atoms with Crippen LogP contribution in [0.25, 0.3) is 0 Å². The topological polar surface area (TPSA) is 136 Å². The number of phenols is 1. The molecule has 2 rings (SSSR count). The van der Waals surface area contributed by atoms with E-state index in [1.165, 1.54) is 12.1 Å². The van der Waals surface area contributed by atoms with E-state index in [-0.39, 0.29) is 23.5 Å². The van der Waals surface area contributed by atoms with E-state index in [4.69, 9.17) is 5.11 Å². The van der Waals surface area contributed by atoms with Gasteiger partial charge in [-0.1, -0.05) is 0 Å². The van der Waals surface area contributed by atoms with Crippen LogP contribution in [0.5, 0.6) is 5.75 Å². The number of carboxylic acids is 1. The molecular formula is C12H11N3O6. The number of amides is 4. The summed E-state index contributed by atoms with van der Waals surface area (Å²) in [6.07, 6.45) is 0. The minimum atomic E-state index is -1.34. The first-order chi connectivity index (χ1) is 9.88. The zero-order valence-electron chi connectivity index (χ0n) is 10.6. The number of imide groups is 1. The lowest BCUT2D eigenvalue weighted by Gasteiger charge is -2.13. The summed E-state index contributed by atoms with van der Waals surface area (Å²) in [5.41, 5.74) is -0.349. The number of carbonyl (C=O) groups excluding carboxylic acids is 3. The Morgan fingerprint density at radius 3 is 2.62 bits per heavy atom. The number of phenolic OH excluding ortho intramolecular Hbond substituents is 1. The van der Waals surface area contributed by atoms with Crippen LogP contribution in [0.15, 0.2) is 18.2 Å². The summed E-state index contributed by atoms with van der Waals surface area (Å²) in [6, 6.07) is 2.71. The van der Waals surface area contributed by atoms with Crippen molar-refractivity contribution in [3.63, 3.8) is 0 Å². The molecule has 1 fully saturated rings. The van der Waals surface area contributed by atoms with Gasteiger partial charge in [0, 0.05) is 0 Å². The molecule has 9 heteroatoms. The Morgan fingerprint density at radius 2 is 2.05 bits per heavy atom. The average Bonchev–Trinajstić information content (AvgIpc) is 2.72. The maximum absolute atomic E-state index is 11.8. The second-order valence-electron chi connectivity index (χ2n) is 4.22. The zero-order chi connectivity index (χ0) is 15.6. The number of hydrogen-bond acceptors (Lipinski definition) is 5. The Labute approximate surface area is 118 Å². The molecule has 1 aliphatic heterocycles. The molecule has 9 nitrogen and oxygen atoms in total. The largest absolute Gasteiger partial charge is 0.508 e. The van der Waals surface area contributed by atoms with E-state index in [1.807, 2.05) is 0 Å². The zero-order valence-corrected chi connectivity index (χ0v) is 10.6. The van der Waals surface area contributed by atoms with Gasteiger partial charge in [0.2, 0.25) is 5.91 Å². The highest BCUT2D eigenvalue weighted by Gasteiger charge is 2.30. The van der Waals surface area contributed by atoms with Gasteiger partial charge in [0.05, 0.1) is 17.8 Å². The lowest BCUT2D eigenvalue weighted by molar-refractivity contribution is -0.128. The van der Waals surface area contributed by atoms with Crippen molar-refractivity contribution in [2.45, 2.75) is 0 Å². The number of carbonyl (C=O) groups is 4. The number of anilines is 1. The lowest BCUT2D eigenvalue weighted by atomic mass is 10.1. The molecule has 0 atom stereocenters. The average molecular weight is 293 g/mol. The van der Waals surface area contributed by atoms with Crippen LogP contribution in [0, 0.1) is 0 Å². The molecule has 0 saturated carbocycles. The van der Waals surface area contributed by atoms with Crippen molar-refractivity contribution >= 4 is 29.5 Å². The van der Waals surface area contributed by atoms with Gasteiger partial charge >= 0.3 is 12.0 Å². The molecule has 0 aromatic heterocycles. The van der Waals surface area contributed by atoms with Gasteiger partial charge in [-0.15, -0.1) is 0 Å². The standard InChI is InChI=1S/C12H11N3O6/c16-6-1-2-8(7(3-6)11(19)20)14-9(17)5-15-10(18)4-13-12(15)21/h1-3,16H,4-5H2,(H,13,21)(H,14,17)(H,19,20). The molecule has 1 saturated heterocycles. The van der Waals surface area contributed by atoms with Gasteiger partial charge in [0.25, 0.3) is 5.91 Å². The van der Waals surface area contributed by atoms with Crippen LogP contribution in [0.1, 0.15) is 10.4 Å². The van der Waals surface area contributed by atoms with Gasteiger partial charge in [0.15, 0.2) is 0 Å². The minimum absolute atomic E-state index is 0.0441. The van der Waals surface area contributed by atoms with Crippen molar-refractivity contribution < 1.29 is 29.4 Å². The molecular weight excluding hydrogens is 282 g/mol. The third-order valence-corrected chi connectivity index (χ3v) is 2.75. The van der Waals surface area contributed by atoms with Crippen LogP contribution >= 0.6 is 0 Å². The smallest absolute Gasteiger partial charge is 0.337 e. The first-order valence-corrected chi connectivity index (χ1v) is 5.83. The number of hydrogen-bond donors (Lipinski definition) is 4. The van der Waals surface area contributed by atoms with Gasteiger partial charge in [0.1, 0.15) is 12.3 Å². The SMILES string of the molecule is O=C(CN1C(=O)CNC1=O)Nc1ccc(O)cc1C(=O)O. The normalized spacial score (nSPS) is 14.0. The first kappa shape index (κ1) is 14.3. The molecule has 1 aliphatic rings. The summed E-state index contributed by atoms with van der Waals surface area (Å²) in [5.74, 6) is -2.87. The molecule has 4 N–H and O–H groups in total. The van der Waals surface area contributed by atoms with Gasteiger partial charge in [-0.2, -0.15) is 0 Å². The van der Waals surface area contributed by atoms with Gasteiger partial charge in [-0.3, -0.25) is 14.5 Å². The van der Waals surface area contributed by atoms with E-state index >= 15 is 0 Å². The first-order valence-electron chi connectivity index (χ1n) is 5.83. The summed E-state index contributed by atoms with van der Waals surface area (Å²) in [6.45, 7) is -0.698. The monoisotopic (exact) mass is 293 g/mol. The second-order valence-corrected chi connectivity index (χ2v) is 4.22. The Bertz CT molecular complexity index is 626. The molecule has 110 valence electrons. The van der Waals surface area contributed by atoms with Crippen LogP contribution in [0.4, 0.5) is 10.5 Å². The highest BCUT2D eigenvalue weighted by atomic mass is 16.4. The highest BCUT2D eigenvalue weighted by molar-refractivity contribution is 6.07. The van der Waals surface area contributed by atoms with Gasteiger partial charge in [-0.25, -0.2) is 9.59 Å². The van der Waals surface area contributed by atoms with Crippen molar-refractivity contribution in [3.05, 3.63) is 23.8 Å². The number of carboxylic acid groups (broad SMARTS) is 1. The lowest BCUT2D eigenvalue weighted by Crippen LogP contribution is -2.38. The highest BCUT2D eigenvalue weighted by Crippen LogP contribution is 2.21. The molecule has 21 heavy (non-hydrogen) atoms. The Kier molecular flexibility index (Phi) is 3.74. The van der Waals surface area contributed by atoms with Gasteiger partial charge < -0.3 is 20.8 Å². The number of urea groups is 1. The van der Waals surface area contributed by atoms with E-state index in [9.17, 15) is 24.3 Å². The predicted molar refractivity (Wildman–Crippen MR) is 68.8 cm³/mol. The fourth-order valence-electron chi connectivity index (χ4n) is 1.77. The van der Waals surface area contributed by atoms with E-state index in [1.54, 1.807) is 0 Å². The minimum Gasteiger partial charge on any atom is -0.508 e. The van der Waals surface area contributed by atoms with E-state index in [0.717, 1.165) is 11.0 Å². The molecule has 0 bridgehead atoms. The van der Waals surface area contributed by atoms with Crippen molar-refractivity contribution in [1.82, 2.24) is 10.2 Å². The summed E-state index contributed by atoms with van der Waals surface area (Å²) >= 11 is 0. The fraction of sp³-hybridized carbons (Fsp3) is 0.167. The molecule has 1 aromatic carbocycles. The summed E-state index contributed by atoms with van der Waals surface area (Å²) < 4.78 is 0. The Balaban J connectivity index is 2.11. The van der Waals surface area contributed by atoms with Crippen LogP contribution in [0.3, 0.4) is 0 Å². The van der Waals surface area contributed by atoms with E-state index in [0.29, 0.717) is 0 Å². The maximum Gasteiger partial charge on any atom is 0.337 e. The third kappa shape index (κ3) is 3.08. The molecule has 1 heterocycles. The molecule has 4 amide bonds. The van der Waals surface area contributed by atoms with Crippen molar-refractivity contribution in [2.75, 3.05) is 18.4 Å². The fourth-order valence-corrected chi connectivity index (χ4v) is 1.77. The molecule has 0 spiro atoms. The van der Waals surface area contributed by atoms with Crippen LogP contribution < -0.4 is 10.6 Å². The second kappa shape index (κ2) is 5.49. The summed E-state index contributed by atoms with van der Waals surface area (Å²) in [7, 11) is 0. The van der Waals surface area contributed by atoms with Crippen LogP contribution in [-0.4, -0.2) is 52.0 Å². The Hall–Kier alpha value is -3.10. The Morgan fingerprint density at radius 1 is 1.33 bits per heavy atom. The van der Waals surface area contributed by atoms with E-state index in [2.05, 4.69) is 10.6 Å². The number of nitrogens with zero attached hydrogens (tertiary/aromatic N) is 1. The van der Waals surface area contributed by atoms with Crippen molar-refractivity contribution in [2.24, 2.45) is 0 Å². The van der Waals surface area contributed by atoms with Crippen molar-refractivity contribution in [3.8, 4) is 5.75 Å². The maximum atomic E-state index is 11.8. The van der Waals surface area contributed by atoms with Crippen molar-refractivity contribution in [1.29, 1.82) is 0 Å². The third-order valence-electron chi connectivity index (χ3n) is 2.75. The quantitative estimate of drug-likeness (QED) is 0.439. The summed E-state index contributed by atoms with van der Waals surface area (Å²) in [5, 5.41) is 22.8. The number of aromatic hydroxyl groups is 1. The number of nitrogens with one attached hydrogen (secondary N) is 2. The van der Waals surface area contributed by atoms with Gasteiger partial charge in [-0.05, 0) is 18.2 Å². The molecule has 0 unspecified atom stereocenters. The van der Waals surface area contributed by atoms with Crippen LogP contribution in [0.2, 0.25) is 0 Å². The predicted octanol–water partition coefficient (Wildman–Crippen LogP) is -0.419. The number of benzene rings is 1. The number of aromatic carboxylic acids is 1. The molecule has 1 aromatic rings.